The SMILES string of the molecule is Cc1ccc(C2C=Cc3cccc(Br)c32)c(C)c1. The van der Waals surface area contributed by atoms with Crippen LogP contribution in [0.1, 0.15) is 33.7 Å². The molecule has 0 amide bonds. The van der Waals surface area contributed by atoms with Crippen molar-refractivity contribution in [3.63, 3.8) is 0 Å². The van der Waals surface area contributed by atoms with Crippen LogP contribution in [0.5, 0.6) is 0 Å². The number of fused-ring (bicyclic) bond motifs is 1. The molecule has 0 bridgehead atoms. The van der Waals surface area contributed by atoms with Crippen molar-refractivity contribution >= 4 is 22.0 Å². The molecular formula is C17H15Br. The minimum absolute atomic E-state index is 0.385. The molecule has 0 saturated heterocycles. The monoisotopic (exact) mass is 298 g/mol. The molecule has 2 aromatic carbocycles. The van der Waals surface area contributed by atoms with Gasteiger partial charge < -0.3 is 0 Å². The zero-order valence-corrected chi connectivity index (χ0v) is 12.2. The summed E-state index contributed by atoms with van der Waals surface area (Å²) in [7, 11) is 0. The van der Waals surface area contributed by atoms with E-state index in [2.05, 4.69) is 78.3 Å². The summed E-state index contributed by atoms with van der Waals surface area (Å²) in [6.07, 6.45) is 4.52. The molecule has 0 spiro atoms. The molecule has 90 valence electrons. The molecule has 1 atom stereocenters. The Kier molecular flexibility index (Phi) is 2.87. The number of rotatable bonds is 1. The Morgan fingerprint density at radius 2 is 1.89 bits per heavy atom. The third kappa shape index (κ3) is 1.83. The standard InChI is InChI=1S/C17H15Br/c1-11-6-8-14(12(2)10-11)15-9-7-13-4-3-5-16(18)17(13)15/h3-10,15H,1-2H3. The lowest BCUT2D eigenvalue weighted by Gasteiger charge is -2.16. The van der Waals surface area contributed by atoms with E-state index in [0.717, 1.165) is 0 Å². The van der Waals surface area contributed by atoms with E-state index in [9.17, 15) is 0 Å². The van der Waals surface area contributed by atoms with Gasteiger partial charge in [0.2, 0.25) is 0 Å². The van der Waals surface area contributed by atoms with E-state index in [1.54, 1.807) is 0 Å². The molecule has 1 aliphatic rings. The van der Waals surface area contributed by atoms with Gasteiger partial charge in [0.25, 0.3) is 0 Å². The Morgan fingerprint density at radius 1 is 1.06 bits per heavy atom. The van der Waals surface area contributed by atoms with Crippen LogP contribution < -0.4 is 0 Å². The molecule has 0 saturated carbocycles. The van der Waals surface area contributed by atoms with Crippen LogP contribution >= 0.6 is 15.9 Å². The first-order valence-corrected chi connectivity index (χ1v) is 7.00. The lowest BCUT2D eigenvalue weighted by atomic mass is 9.89. The molecule has 0 fully saturated rings. The van der Waals surface area contributed by atoms with Crippen LogP contribution in [0.4, 0.5) is 0 Å². The highest BCUT2D eigenvalue weighted by molar-refractivity contribution is 9.10. The van der Waals surface area contributed by atoms with Crippen LogP contribution in [0.3, 0.4) is 0 Å². The summed E-state index contributed by atoms with van der Waals surface area (Å²) < 4.78 is 1.20. The first-order chi connectivity index (χ1) is 8.66. The molecule has 18 heavy (non-hydrogen) atoms. The van der Waals surface area contributed by atoms with Gasteiger partial charge in [0, 0.05) is 10.4 Å². The first kappa shape index (κ1) is 11.7. The number of hydrogen-bond donors (Lipinski definition) is 0. The van der Waals surface area contributed by atoms with Crippen molar-refractivity contribution in [2.24, 2.45) is 0 Å². The van der Waals surface area contributed by atoms with E-state index >= 15 is 0 Å². The van der Waals surface area contributed by atoms with Gasteiger partial charge in [-0.05, 0) is 42.2 Å². The molecule has 2 aromatic rings. The molecule has 0 nitrogen and oxygen atoms in total. The summed E-state index contributed by atoms with van der Waals surface area (Å²) in [6.45, 7) is 4.34. The highest BCUT2D eigenvalue weighted by Crippen LogP contribution is 2.40. The van der Waals surface area contributed by atoms with Gasteiger partial charge in [0.1, 0.15) is 0 Å². The van der Waals surface area contributed by atoms with E-state index in [-0.39, 0.29) is 0 Å². The van der Waals surface area contributed by atoms with Crippen LogP contribution in [0.2, 0.25) is 0 Å². The predicted molar refractivity (Wildman–Crippen MR) is 80.9 cm³/mol. The summed E-state index contributed by atoms with van der Waals surface area (Å²) in [4.78, 5) is 0. The lowest BCUT2D eigenvalue weighted by molar-refractivity contribution is 1.02. The maximum Gasteiger partial charge on any atom is 0.0292 e. The van der Waals surface area contributed by atoms with E-state index < -0.39 is 0 Å². The Morgan fingerprint density at radius 3 is 2.67 bits per heavy atom. The second-order valence-electron chi connectivity index (χ2n) is 4.94. The largest absolute Gasteiger partial charge is 0.0720 e. The minimum Gasteiger partial charge on any atom is -0.0720 e. The predicted octanol–water partition coefficient (Wildman–Crippen LogP) is 5.22. The molecule has 1 aliphatic carbocycles. The van der Waals surface area contributed by atoms with Crippen molar-refractivity contribution in [2.75, 3.05) is 0 Å². The first-order valence-electron chi connectivity index (χ1n) is 6.20. The number of aryl methyl sites for hydroxylation is 2. The van der Waals surface area contributed by atoms with Gasteiger partial charge in [0.15, 0.2) is 0 Å². The zero-order chi connectivity index (χ0) is 12.7. The molecule has 0 N–H and O–H groups in total. The van der Waals surface area contributed by atoms with Gasteiger partial charge in [-0.25, -0.2) is 0 Å². The third-order valence-corrected chi connectivity index (χ3v) is 4.32. The van der Waals surface area contributed by atoms with E-state index in [1.807, 2.05) is 0 Å². The van der Waals surface area contributed by atoms with Crippen LogP contribution in [0.15, 0.2) is 46.9 Å². The average Bonchev–Trinajstić information content (AvgIpc) is 2.74. The Labute approximate surface area is 116 Å². The van der Waals surface area contributed by atoms with Crippen molar-refractivity contribution in [3.8, 4) is 0 Å². The molecule has 3 rings (SSSR count). The number of allylic oxidation sites excluding steroid dienone is 1. The second-order valence-corrected chi connectivity index (χ2v) is 5.79. The fourth-order valence-corrected chi connectivity index (χ4v) is 3.39. The lowest BCUT2D eigenvalue weighted by Crippen LogP contribution is -2.00. The van der Waals surface area contributed by atoms with Crippen molar-refractivity contribution < 1.29 is 0 Å². The molecule has 1 unspecified atom stereocenters. The minimum atomic E-state index is 0.385. The van der Waals surface area contributed by atoms with Crippen LogP contribution in [-0.4, -0.2) is 0 Å². The highest BCUT2D eigenvalue weighted by Gasteiger charge is 2.22. The number of hydrogen-bond acceptors (Lipinski definition) is 0. The zero-order valence-electron chi connectivity index (χ0n) is 10.6. The highest BCUT2D eigenvalue weighted by atomic mass is 79.9. The summed E-state index contributed by atoms with van der Waals surface area (Å²) in [5, 5.41) is 0. The Hall–Kier alpha value is -1.34. The summed E-state index contributed by atoms with van der Waals surface area (Å²) >= 11 is 3.68. The Bertz CT molecular complexity index is 638. The van der Waals surface area contributed by atoms with Crippen molar-refractivity contribution in [3.05, 3.63) is 74.8 Å². The quantitative estimate of drug-likeness (QED) is 0.677. The van der Waals surface area contributed by atoms with Gasteiger partial charge in [0.05, 0.1) is 0 Å². The fraction of sp³-hybridized carbons (Fsp3) is 0.176. The maximum atomic E-state index is 3.68. The van der Waals surface area contributed by atoms with Gasteiger partial charge in [-0.15, -0.1) is 0 Å². The fourth-order valence-electron chi connectivity index (χ4n) is 2.76. The number of benzene rings is 2. The summed E-state index contributed by atoms with van der Waals surface area (Å²) in [5.74, 6) is 0.385. The molecule has 1 heteroatoms. The molecule has 0 heterocycles. The van der Waals surface area contributed by atoms with E-state index in [0.29, 0.717) is 5.92 Å². The summed E-state index contributed by atoms with van der Waals surface area (Å²) in [6, 6.07) is 13.1. The van der Waals surface area contributed by atoms with Crippen LogP contribution in [-0.2, 0) is 0 Å². The average molecular weight is 299 g/mol. The second kappa shape index (κ2) is 4.40. The smallest absolute Gasteiger partial charge is 0.0292 e. The van der Waals surface area contributed by atoms with Gasteiger partial charge in [-0.2, -0.15) is 0 Å². The van der Waals surface area contributed by atoms with Crippen LogP contribution in [0, 0.1) is 13.8 Å². The Balaban J connectivity index is 2.14. The van der Waals surface area contributed by atoms with E-state index in [1.165, 1.54) is 32.3 Å². The summed E-state index contributed by atoms with van der Waals surface area (Å²) in [5.41, 5.74) is 6.82. The van der Waals surface area contributed by atoms with Crippen molar-refractivity contribution in [2.45, 2.75) is 19.8 Å². The molecule has 0 aromatic heterocycles. The topological polar surface area (TPSA) is 0 Å². The molecule has 0 radical (unpaired) electrons. The van der Waals surface area contributed by atoms with Gasteiger partial charge in [-0.1, -0.05) is 64.0 Å². The normalized spacial score (nSPS) is 16.9. The van der Waals surface area contributed by atoms with Gasteiger partial charge >= 0.3 is 0 Å². The van der Waals surface area contributed by atoms with E-state index in [4.69, 9.17) is 0 Å². The molecular weight excluding hydrogens is 284 g/mol. The van der Waals surface area contributed by atoms with Crippen molar-refractivity contribution in [1.82, 2.24) is 0 Å². The van der Waals surface area contributed by atoms with Crippen LogP contribution in [0.25, 0.3) is 6.08 Å². The third-order valence-electron chi connectivity index (χ3n) is 3.63. The van der Waals surface area contributed by atoms with Crippen molar-refractivity contribution in [1.29, 1.82) is 0 Å². The van der Waals surface area contributed by atoms with Gasteiger partial charge in [-0.3, -0.25) is 0 Å². The maximum absolute atomic E-state index is 3.68. The number of halogens is 1. The molecule has 0 aliphatic heterocycles.